The van der Waals surface area contributed by atoms with E-state index in [4.69, 9.17) is 15.5 Å². The first kappa shape index (κ1) is 14.0. The normalized spacial score (nSPS) is 16.4. The van der Waals surface area contributed by atoms with Gasteiger partial charge in [0.05, 0.1) is 30.8 Å². The molecule has 6 nitrogen and oxygen atoms in total. The Morgan fingerprint density at radius 2 is 2.14 bits per heavy atom. The Kier molecular flexibility index (Phi) is 3.90. The number of aryl methyl sites for hydroxylation is 1. The number of nitrogens with zero attached hydrogens (tertiary/aromatic N) is 3. The molecule has 0 radical (unpaired) electrons. The van der Waals surface area contributed by atoms with E-state index in [0.717, 1.165) is 48.7 Å². The van der Waals surface area contributed by atoms with Gasteiger partial charge in [-0.15, -0.1) is 0 Å². The third-order valence-electron chi connectivity index (χ3n) is 3.77. The fourth-order valence-electron chi connectivity index (χ4n) is 2.70. The summed E-state index contributed by atoms with van der Waals surface area (Å²) in [5.74, 6) is 0.536. The van der Waals surface area contributed by atoms with Crippen LogP contribution >= 0.6 is 0 Å². The average Bonchev–Trinajstić information content (AvgIpc) is 2.76. The minimum Gasteiger partial charge on any atom is -0.379 e. The first-order chi connectivity index (χ1) is 10.1. The molecule has 0 bridgehead atoms. The number of imidazole rings is 1. The van der Waals surface area contributed by atoms with Crippen molar-refractivity contribution in [1.82, 2.24) is 14.5 Å². The van der Waals surface area contributed by atoms with E-state index in [-0.39, 0.29) is 12.5 Å². The summed E-state index contributed by atoms with van der Waals surface area (Å²) in [5.41, 5.74) is 8.42. The predicted octanol–water partition coefficient (Wildman–Crippen LogP) is 0.662. The third-order valence-corrected chi connectivity index (χ3v) is 3.77. The Labute approximate surface area is 123 Å². The molecule has 6 heteroatoms. The zero-order chi connectivity index (χ0) is 14.8. The molecule has 112 valence electrons. The predicted molar refractivity (Wildman–Crippen MR) is 79.8 cm³/mol. The van der Waals surface area contributed by atoms with Gasteiger partial charge in [-0.3, -0.25) is 9.69 Å². The molecule has 1 saturated heterocycles. The molecule has 1 aromatic carbocycles. The highest BCUT2D eigenvalue weighted by Gasteiger charge is 2.17. The molecule has 1 aliphatic rings. The van der Waals surface area contributed by atoms with E-state index in [1.54, 1.807) is 0 Å². The van der Waals surface area contributed by atoms with Crippen LogP contribution in [0.2, 0.25) is 0 Å². The van der Waals surface area contributed by atoms with Gasteiger partial charge in [0.1, 0.15) is 12.4 Å². The number of primary amides is 1. The maximum absolute atomic E-state index is 11.4. The van der Waals surface area contributed by atoms with Crippen molar-refractivity contribution in [3.63, 3.8) is 0 Å². The zero-order valence-corrected chi connectivity index (χ0v) is 12.2. The lowest BCUT2D eigenvalue weighted by Crippen LogP contribution is -2.36. The van der Waals surface area contributed by atoms with Gasteiger partial charge in [-0.05, 0) is 24.6 Å². The van der Waals surface area contributed by atoms with Crippen molar-refractivity contribution in [2.75, 3.05) is 26.3 Å². The lowest BCUT2D eigenvalue weighted by atomic mass is 10.2. The highest BCUT2D eigenvalue weighted by atomic mass is 16.5. The number of hydrogen-bond acceptors (Lipinski definition) is 4. The van der Waals surface area contributed by atoms with Gasteiger partial charge in [-0.1, -0.05) is 6.07 Å². The Morgan fingerprint density at radius 3 is 2.86 bits per heavy atom. The van der Waals surface area contributed by atoms with Crippen molar-refractivity contribution in [1.29, 1.82) is 0 Å². The molecule has 1 amide bonds. The molecule has 1 aromatic heterocycles. The molecule has 1 fully saturated rings. The summed E-state index contributed by atoms with van der Waals surface area (Å²) in [7, 11) is 0. The van der Waals surface area contributed by atoms with Crippen molar-refractivity contribution in [3.8, 4) is 0 Å². The van der Waals surface area contributed by atoms with Crippen LogP contribution < -0.4 is 5.73 Å². The summed E-state index contributed by atoms with van der Waals surface area (Å²) in [4.78, 5) is 18.3. The lowest BCUT2D eigenvalue weighted by Gasteiger charge is -2.26. The van der Waals surface area contributed by atoms with Gasteiger partial charge < -0.3 is 15.0 Å². The Balaban J connectivity index is 1.96. The number of carbonyl (C=O) groups excluding carboxylic acids is 1. The van der Waals surface area contributed by atoms with E-state index < -0.39 is 0 Å². The van der Waals surface area contributed by atoms with E-state index in [2.05, 4.69) is 4.90 Å². The van der Waals surface area contributed by atoms with Crippen molar-refractivity contribution in [3.05, 3.63) is 29.6 Å². The number of carbonyl (C=O) groups is 1. The van der Waals surface area contributed by atoms with Crippen LogP contribution in [-0.4, -0.2) is 46.7 Å². The van der Waals surface area contributed by atoms with Crippen LogP contribution in [0, 0.1) is 6.92 Å². The quantitative estimate of drug-likeness (QED) is 0.897. The van der Waals surface area contributed by atoms with E-state index in [1.165, 1.54) is 0 Å². The molecular weight excluding hydrogens is 268 g/mol. The fourth-order valence-corrected chi connectivity index (χ4v) is 2.70. The molecule has 2 aromatic rings. The average molecular weight is 288 g/mol. The van der Waals surface area contributed by atoms with Gasteiger partial charge in [0.25, 0.3) is 0 Å². The van der Waals surface area contributed by atoms with Gasteiger partial charge in [0, 0.05) is 13.1 Å². The van der Waals surface area contributed by atoms with Crippen LogP contribution in [0.25, 0.3) is 11.0 Å². The number of amides is 1. The van der Waals surface area contributed by atoms with E-state index >= 15 is 0 Å². The second kappa shape index (κ2) is 5.83. The number of morpholine rings is 1. The van der Waals surface area contributed by atoms with Crippen molar-refractivity contribution >= 4 is 16.9 Å². The second-order valence-electron chi connectivity index (χ2n) is 5.46. The van der Waals surface area contributed by atoms with E-state index in [1.807, 2.05) is 29.7 Å². The number of aromatic nitrogens is 2. The molecule has 2 heterocycles. The van der Waals surface area contributed by atoms with Crippen LogP contribution in [0.4, 0.5) is 0 Å². The monoisotopic (exact) mass is 288 g/mol. The first-order valence-electron chi connectivity index (χ1n) is 7.17. The minimum absolute atomic E-state index is 0.166. The Bertz CT molecular complexity index is 659. The Hall–Kier alpha value is -1.92. The van der Waals surface area contributed by atoms with Crippen LogP contribution in [0.15, 0.2) is 18.2 Å². The highest BCUT2D eigenvalue weighted by Crippen LogP contribution is 2.19. The number of benzene rings is 1. The van der Waals surface area contributed by atoms with Crippen molar-refractivity contribution < 1.29 is 9.53 Å². The molecule has 2 N–H and O–H groups in total. The maximum atomic E-state index is 11.4. The molecule has 0 aliphatic carbocycles. The standard InChI is InChI=1S/C15H20N4O2/c1-11-2-3-13-12(8-11)17-15(19(13)9-14(16)20)10-18-4-6-21-7-5-18/h2-3,8H,4-7,9-10H2,1H3,(H2,16,20). The lowest BCUT2D eigenvalue weighted by molar-refractivity contribution is -0.118. The molecule has 0 saturated carbocycles. The van der Waals surface area contributed by atoms with Crippen LogP contribution in [-0.2, 0) is 22.6 Å². The van der Waals surface area contributed by atoms with Gasteiger partial charge >= 0.3 is 0 Å². The molecular formula is C15H20N4O2. The fraction of sp³-hybridized carbons (Fsp3) is 0.467. The molecule has 0 unspecified atom stereocenters. The van der Waals surface area contributed by atoms with Crippen LogP contribution in [0.1, 0.15) is 11.4 Å². The zero-order valence-electron chi connectivity index (χ0n) is 12.2. The largest absolute Gasteiger partial charge is 0.379 e. The number of fused-ring (bicyclic) bond motifs is 1. The van der Waals surface area contributed by atoms with Gasteiger partial charge in [0.2, 0.25) is 5.91 Å². The minimum atomic E-state index is -0.349. The summed E-state index contributed by atoms with van der Waals surface area (Å²) < 4.78 is 7.29. The number of hydrogen-bond donors (Lipinski definition) is 1. The number of rotatable bonds is 4. The van der Waals surface area contributed by atoms with E-state index in [9.17, 15) is 4.79 Å². The first-order valence-corrected chi connectivity index (χ1v) is 7.17. The summed E-state index contributed by atoms with van der Waals surface area (Å²) >= 11 is 0. The summed E-state index contributed by atoms with van der Waals surface area (Å²) in [6.45, 7) is 6.18. The Morgan fingerprint density at radius 1 is 1.38 bits per heavy atom. The van der Waals surface area contributed by atoms with Crippen LogP contribution in [0.3, 0.4) is 0 Å². The molecule has 21 heavy (non-hydrogen) atoms. The molecule has 0 atom stereocenters. The number of ether oxygens (including phenoxy) is 1. The van der Waals surface area contributed by atoms with Gasteiger partial charge in [-0.25, -0.2) is 4.98 Å². The SMILES string of the molecule is Cc1ccc2c(c1)nc(CN1CCOCC1)n2CC(N)=O. The topological polar surface area (TPSA) is 73.4 Å². The molecule has 0 spiro atoms. The second-order valence-corrected chi connectivity index (χ2v) is 5.46. The van der Waals surface area contributed by atoms with Crippen LogP contribution in [0.5, 0.6) is 0 Å². The van der Waals surface area contributed by atoms with E-state index in [0.29, 0.717) is 6.54 Å². The highest BCUT2D eigenvalue weighted by molar-refractivity contribution is 5.80. The molecule has 3 rings (SSSR count). The molecule has 1 aliphatic heterocycles. The summed E-state index contributed by atoms with van der Waals surface area (Å²) in [6, 6.07) is 6.07. The maximum Gasteiger partial charge on any atom is 0.237 e. The van der Waals surface area contributed by atoms with Crippen molar-refractivity contribution in [2.45, 2.75) is 20.0 Å². The van der Waals surface area contributed by atoms with Gasteiger partial charge in [0.15, 0.2) is 0 Å². The summed E-state index contributed by atoms with van der Waals surface area (Å²) in [6.07, 6.45) is 0. The number of nitrogens with two attached hydrogens (primary N) is 1. The van der Waals surface area contributed by atoms with Crippen molar-refractivity contribution in [2.24, 2.45) is 5.73 Å². The van der Waals surface area contributed by atoms with Gasteiger partial charge in [-0.2, -0.15) is 0 Å². The third kappa shape index (κ3) is 3.06. The summed E-state index contributed by atoms with van der Waals surface area (Å²) in [5, 5.41) is 0. The smallest absolute Gasteiger partial charge is 0.237 e.